The number of benzene rings is 4. The summed E-state index contributed by atoms with van der Waals surface area (Å²) in [5.74, 6) is -0.693. The second-order valence-electron chi connectivity index (χ2n) is 13.0. The molecule has 1 fully saturated rings. The van der Waals surface area contributed by atoms with Crippen molar-refractivity contribution in [3.63, 3.8) is 0 Å². The predicted molar refractivity (Wildman–Crippen MR) is 183 cm³/mol. The third kappa shape index (κ3) is 7.50. The van der Waals surface area contributed by atoms with E-state index in [9.17, 15) is 45.8 Å². The lowest BCUT2D eigenvalue weighted by Crippen LogP contribution is -2.53. The molecule has 4 aromatic rings. The van der Waals surface area contributed by atoms with Crippen LogP contribution in [0, 0.1) is 0 Å². The topological polar surface area (TPSA) is 124 Å². The molecule has 10 nitrogen and oxygen atoms in total. The summed E-state index contributed by atoms with van der Waals surface area (Å²) >= 11 is 0. The van der Waals surface area contributed by atoms with Crippen molar-refractivity contribution in [3.05, 3.63) is 113 Å². The molecular formula is C39H34F6N2O8. The van der Waals surface area contributed by atoms with E-state index in [0.29, 0.717) is 54.4 Å². The molecule has 1 saturated heterocycles. The minimum Gasteiger partial charge on any atom is -0.488 e. The lowest BCUT2D eigenvalue weighted by molar-refractivity contribution is -0.376. The molecule has 1 atom stereocenters. The van der Waals surface area contributed by atoms with Gasteiger partial charge in [0, 0.05) is 11.6 Å². The number of urea groups is 1. The number of hydrogen-bond donors (Lipinski definition) is 2. The number of nitrogens with zero attached hydrogens (tertiary/aromatic N) is 1. The summed E-state index contributed by atoms with van der Waals surface area (Å²) in [6.07, 6.45) is -11.9. The van der Waals surface area contributed by atoms with E-state index in [1.807, 2.05) is 0 Å². The number of hydrogen-bond acceptors (Lipinski definition) is 8. The van der Waals surface area contributed by atoms with Crippen molar-refractivity contribution >= 4 is 17.7 Å². The van der Waals surface area contributed by atoms with E-state index in [1.165, 1.54) is 25.1 Å². The Balaban J connectivity index is 1.29. The van der Waals surface area contributed by atoms with E-state index >= 15 is 0 Å². The van der Waals surface area contributed by atoms with Gasteiger partial charge in [0.25, 0.3) is 11.5 Å². The molecule has 0 radical (unpaired) electrons. The largest absolute Gasteiger partial charge is 0.488 e. The van der Waals surface area contributed by atoms with Crippen molar-refractivity contribution < 1.29 is 64.8 Å². The number of halogens is 6. The van der Waals surface area contributed by atoms with Crippen molar-refractivity contribution in [3.8, 4) is 28.7 Å². The summed E-state index contributed by atoms with van der Waals surface area (Å²) in [5.41, 5.74) is -7.11. The normalized spacial score (nSPS) is 17.2. The van der Waals surface area contributed by atoms with Gasteiger partial charge in [0.1, 0.15) is 42.6 Å². The monoisotopic (exact) mass is 772 g/mol. The van der Waals surface area contributed by atoms with E-state index in [0.717, 1.165) is 11.0 Å². The first-order valence-corrected chi connectivity index (χ1v) is 17.0. The van der Waals surface area contributed by atoms with Crippen molar-refractivity contribution in [1.82, 2.24) is 10.2 Å². The van der Waals surface area contributed by atoms with E-state index in [1.54, 1.807) is 55.5 Å². The zero-order chi connectivity index (χ0) is 39.8. The van der Waals surface area contributed by atoms with Crippen LogP contribution in [-0.4, -0.2) is 59.8 Å². The maximum absolute atomic E-state index is 13.8. The zero-order valence-corrected chi connectivity index (χ0v) is 29.3. The Morgan fingerprint density at radius 2 is 1.56 bits per heavy atom. The maximum atomic E-state index is 13.8. The fourth-order valence-electron chi connectivity index (χ4n) is 6.25. The average Bonchev–Trinajstić information content (AvgIpc) is 3.37. The molecule has 0 aliphatic carbocycles. The van der Waals surface area contributed by atoms with Gasteiger partial charge in [0.15, 0.2) is 17.3 Å². The average molecular weight is 773 g/mol. The molecule has 2 aliphatic rings. The van der Waals surface area contributed by atoms with Crippen LogP contribution >= 0.6 is 0 Å². The molecule has 2 N–H and O–H groups in total. The highest BCUT2D eigenvalue weighted by Gasteiger charge is 2.71. The van der Waals surface area contributed by atoms with Crippen LogP contribution in [0.1, 0.15) is 52.9 Å². The molecule has 0 aromatic heterocycles. The van der Waals surface area contributed by atoms with Crippen LogP contribution in [0.15, 0.2) is 84.9 Å². The lowest BCUT2D eigenvalue weighted by atomic mass is 9.90. The number of aliphatic hydroxyl groups is 1. The van der Waals surface area contributed by atoms with Crippen LogP contribution in [0.25, 0.3) is 0 Å². The van der Waals surface area contributed by atoms with Gasteiger partial charge in [-0.1, -0.05) is 55.8 Å². The number of carbonyl (C=O) groups is 3. The van der Waals surface area contributed by atoms with Gasteiger partial charge in [0.05, 0.1) is 12.1 Å². The van der Waals surface area contributed by atoms with E-state index in [-0.39, 0.29) is 41.4 Å². The van der Waals surface area contributed by atoms with E-state index < -0.39 is 53.3 Å². The van der Waals surface area contributed by atoms with Gasteiger partial charge in [-0.05, 0) is 66.4 Å². The Bertz CT molecular complexity index is 2090. The Morgan fingerprint density at radius 3 is 2.24 bits per heavy atom. The van der Waals surface area contributed by atoms with Gasteiger partial charge in [-0.15, -0.1) is 0 Å². The molecule has 290 valence electrons. The minimum atomic E-state index is -6.07. The highest BCUT2D eigenvalue weighted by Crippen LogP contribution is 2.51. The standard InChI is InChI=1S/C39H34F6N2O8/c1-3-7-24-18-26(37(51,38(40,41)42)39(43,44)45)11-14-30(24)55-27-12-13-28(32(20-27)54-22-23-8-5-4-6-9-23)29(48)21-47-34(49)36(2,46-35(47)50)25-10-15-31-33(19-25)53-17-16-52-31/h4-6,8-15,18-20,51H,3,7,16-17,21-22H2,1-2H3,(H,46,50). The maximum Gasteiger partial charge on any atom is 0.430 e. The van der Waals surface area contributed by atoms with Crippen molar-refractivity contribution in [2.24, 2.45) is 0 Å². The van der Waals surface area contributed by atoms with Gasteiger partial charge < -0.3 is 29.4 Å². The number of amides is 3. The summed E-state index contributed by atoms with van der Waals surface area (Å²) < 4.78 is 105. The molecule has 2 aliphatic heterocycles. The first-order chi connectivity index (χ1) is 26.0. The van der Waals surface area contributed by atoms with Gasteiger partial charge in [-0.3, -0.25) is 14.5 Å². The van der Waals surface area contributed by atoms with Crippen molar-refractivity contribution in [2.45, 2.75) is 56.8 Å². The number of aryl methyl sites for hydroxylation is 1. The van der Waals surface area contributed by atoms with Gasteiger partial charge in [-0.25, -0.2) is 4.79 Å². The Kier molecular flexibility index (Phi) is 10.5. The minimum absolute atomic E-state index is 0.00667. The summed E-state index contributed by atoms with van der Waals surface area (Å²) in [5, 5.41) is 12.6. The first-order valence-electron chi connectivity index (χ1n) is 17.0. The summed E-state index contributed by atoms with van der Waals surface area (Å²) in [6, 6.07) is 18.7. The highest BCUT2D eigenvalue weighted by molar-refractivity contribution is 6.11. The van der Waals surface area contributed by atoms with Crippen molar-refractivity contribution in [2.75, 3.05) is 19.8 Å². The molecular weight excluding hydrogens is 738 g/mol. The number of ether oxygens (including phenoxy) is 4. The van der Waals surface area contributed by atoms with Crippen LogP contribution in [0.4, 0.5) is 31.1 Å². The number of fused-ring (bicyclic) bond motifs is 1. The Morgan fingerprint density at radius 1 is 0.873 bits per heavy atom. The molecule has 16 heteroatoms. The highest BCUT2D eigenvalue weighted by atomic mass is 19.4. The second kappa shape index (κ2) is 14.8. The fraction of sp³-hybridized carbons (Fsp3) is 0.308. The molecule has 2 heterocycles. The Labute approximate surface area is 310 Å². The number of nitrogens with one attached hydrogen (secondary N) is 1. The summed E-state index contributed by atoms with van der Waals surface area (Å²) in [7, 11) is 0. The van der Waals surface area contributed by atoms with Gasteiger partial charge >= 0.3 is 18.4 Å². The zero-order valence-electron chi connectivity index (χ0n) is 29.3. The van der Waals surface area contributed by atoms with Gasteiger partial charge in [-0.2, -0.15) is 26.3 Å². The van der Waals surface area contributed by atoms with E-state index in [2.05, 4.69) is 5.32 Å². The van der Waals surface area contributed by atoms with Crippen LogP contribution in [0.2, 0.25) is 0 Å². The number of Topliss-reactive ketones (excluding diaryl/α,β-unsaturated/α-hetero) is 1. The quantitative estimate of drug-likeness (QED) is 0.0852. The summed E-state index contributed by atoms with van der Waals surface area (Å²) in [4.78, 5) is 41.5. The SMILES string of the molecule is CCCc1cc(C(O)(C(F)(F)F)C(F)(F)F)ccc1Oc1ccc(C(=O)CN2C(=O)NC(C)(c3ccc4c(c3)OCCO4)C2=O)c(OCc2ccccc2)c1. The third-order valence-electron chi connectivity index (χ3n) is 9.23. The number of ketones is 1. The van der Waals surface area contributed by atoms with Crippen LogP contribution in [0.5, 0.6) is 28.7 Å². The predicted octanol–water partition coefficient (Wildman–Crippen LogP) is 7.74. The molecule has 6 rings (SSSR count). The summed E-state index contributed by atoms with van der Waals surface area (Å²) in [6.45, 7) is 3.07. The third-order valence-corrected chi connectivity index (χ3v) is 9.23. The number of imide groups is 1. The van der Waals surface area contributed by atoms with Gasteiger partial charge in [0.2, 0.25) is 0 Å². The molecule has 0 spiro atoms. The smallest absolute Gasteiger partial charge is 0.430 e. The first kappa shape index (κ1) is 38.9. The lowest BCUT2D eigenvalue weighted by Gasteiger charge is -2.33. The van der Waals surface area contributed by atoms with Crippen molar-refractivity contribution in [1.29, 1.82) is 0 Å². The number of rotatable bonds is 12. The fourth-order valence-corrected chi connectivity index (χ4v) is 6.25. The van der Waals surface area contributed by atoms with Crippen LogP contribution in [-0.2, 0) is 29.0 Å². The number of carbonyl (C=O) groups excluding carboxylic acids is 3. The van der Waals surface area contributed by atoms with Crippen LogP contribution < -0.4 is 24.3 Å². The molecule has 0 bridgehead atoms. The molecule has 55 heavy (non-hydrogen) atoms. The molecule has 0 saturated carbocycles. The number of alkyl halides is 6. The Hall–Kier alpha value is -5.77. The molecule has 4 aromatic carbocycles. The molecule has 3 amide bonds. The second-order valence-corrected chi connectivity index (χ2v) is 13.0. The van der Waals surface area contributed by atoms with E-state index in [4.69, 9.17) is 18.9 Å². The van der Waals surface area contributed by atoms with Crippen LogP contribution in [0.3, 0.4) is 0 Å². The molecule has 1 unspecified atom stereocenters.